The van der Waals surface area contributed by atoms with Crippen molar-refractivity contribution >= 4 is 5.97 Å². The molecule has 2 aliphatic heterocycles. The van der Waals surface area contributed by atoms with Gasteiger partial charge in [-0.05, 0) is 12.0 Å². The lowest BCUT2D eigenvalue weighted by Crippen LogP contribution is -2.41. The van der Waals surface area contributed by atoms with E-state index in [9.17, 15) is 4.79 Å². The molecule has 126 valence electrons. The first-order valence-electron chi connectivity index (χ1n) is 8.01. The lowest BCUT2D eigenvalue weighted by molar-refractivity contribution is -0.147. The number of fused-ring (bicyclic) bond motifs is 1. The van der Waals surface area contributed by atoms with Crippen molar-refractivity contribution < 1.29 is 23.7 Å². The minimum Gasteiger partial charge on any atom is -0.468 e. The molecule has 2 fully saturated rings. The van der Waals surface area contributed by atoms with E-state index in [-0.39, 0.29) is 24.5 Å². The van der Waals surface area contributed by atoms with Crippen molar-refractivity contribution in [1.82, 2.24) is 5.32 Å². The van der Waals surface area contributed by atoms with Crippen LogP contribution in [0.5, 0.6) is 0 Å². The highest BCUT2D eigenvalue weighted by Crippen LogP contribution is 2.28. The summed E-state index contributed by atoms with van der Waals surface area (Å²) in [4.78, 5) is 11.7. The molecule has 23 heavy (non-hydrogen) atoms. The average molecular weight is 321 g/mol. The van der Waals surface area contributed by atoms with Crippen molar-refractivity contribution in [3.63, 3.8) is 0 Å². The number of carbonyl (C=O) groups excluding carboxylic acids is 1. The van der Waals surface area contributed by atoms with Crippen LogP contribution < -0.4 is 5.32 Å². The molecule has 6 nitrogen and oxygen atoms in total. The average Bonchev–Trinajstić information content (AvgIpc) is 3.15. The van der Waals surface area contributed by atoms with E-state index in [0.717, 1.165) is 12.8 Å². The predicted molar refractivity (Wildman–Crippen MR) is 82.7 cm³/mol. The quantitative estimate of drug-likeness (QED) is 0.602. The van der Waals surface area contributed by atoms with Crippen molar-refractivity contribution in [2.45, 2.75) is 44.0 Å². The zero-order chi connectivity index (χ0) is 16.1. The molecule has 0 radical (unpaired) electrons. The number of carbonyl (C=O) groups is 1. The van der Waals surface area contributed by atoms with Gasteiger partial charge in [0.05, 0.1) is 13.7 Å². The van der Waals surface area contributed by atoms with Crippen LogP contribution >= 0.6 is 0 Å². The van der Waals surface area contributed by atoms with E-state index in [2.05, 4.69) is 5.32 Å². The molecule has 0 saturated carbocycles. The summed E-state index contributed by atoms with van der Waals surface area (Å²) in [5.41, 5.74) is 1.17. The van der Waals surface area contributed by atoms with Gasteiger partial charge in [-0.3, -0.25) is 10.1 Å². The third kappa shape index (κ3) is 4.09. The summed E-state index contributed by atoms with van der Waals surface area (Å²) < 4.78 is 22.1. The molecule has 2 saturated heterocycles. The van der Waals surface area contributed by atoms with Crippen LogP contribution in [0.3, 0.4) is 0 Å². The number of benzene rings is 1. The van der Waals surface area contributed by atoms with Crippen LogP contribution in [0.25, 0.3) is 0 Å². The second-order valence-corrected chi connectivity index (χ2v) is 5.79. The number of esters is 1. The molecule has 1 aromatic carbocycles. The first-order valence-corrected chi connectivity index (χ1v) is 8.01. The monoisotopic (exact) mass is 321 g/mol. The zero-order valence-corrected chi connectivity index (χ0v) is 13.3. The number of rotatable bonds is 7. The Morgan fingerprint density at radius 3 is 2.91 bits per heavy atom. The number of methoxy groups -OCH3 is 1. The van der Waals surface area contributed by atoms with Gasteiger partial charge in [0.1, 0.15) is 18.2 Å². The Bertz CT molecular complexity index is 509. The van der Waals surface area contributed by atoms with Crippen molar-refractivity contribution in [1.29, 1.82) is 0 Å². The number of hydrogen-bond donors (Lipinski definition) is 1. The van der Waals surface area contributed by atoms with E-state index in [1.807, 2.05) is 30.3 Å². The largest absolute Gasteiger partial charge is 0.468 e. The number of hydrogen-bond acceptors (Lipinski definition) is 6. The Kier molecular flexibility index (Phi) is 5.61. The Hall–Kier alpha value is -1.47. The topological polar surface area (TPSA) is 66.0 Å². The van der Waals surface area contributed by atoms with Gasteiger partial charge < -0.3 is 18.9 Å². The molecule has 0 bridgehead atoms. The first kappa shape index (κ1) is 16.4. The fourth-order valence-electron chi connectivity index (χ4n) is 2.98. The minimum atomic E-state index is -0.427. The predicted octanol–water partition coefficient (Wildman–Crippen LogP) is 1.24. The summed E-state index contributed by atoms with van der Waals surface area (Å²) in [5.74, 6) is -0.298. The van der Waals surface area contributed by atoms with Crippen LogP contribution in [-0.2, 0) is 30.3 Å². The smallest absolute Gasteiger partial charge is 0.325 e. The molecule has 0 aromatic heterocycles. The van der Waals surface area contributed by atoms with Crippen LogP contribution in [0.2, 0.25) is 0 Å². The van der Waals surface area contributed by atoms with E-state index in [1.165, 1.54) is 12.7 Å². The van der Waals surface area contributed by atoms with Crippen LogP contribution in [0, 0.1) is 0 Å². The fraction of sp³-hybridized carbons (Fsp3) is 0.588. The van der Waals surface area contributed by atoms with Gasteiger partial charge in [-0.15, -0.1) is 0 Å². The van der Waals surface area contributed by atoms with E-state index >= 15 is 0 Å². The van der Waals surface area contributed by atoms with Crippen LogP contribution in [0.15, 0.2) is 30.3 Å². The van der Waals surface area contributed by atoms with Crippen molar-refractivity contribution in [2.75, 3.05) is 20.3 Å². The summed E-state index contributed by atoms with van der Waals surface area (Å²) in [5, 5.41) is 3.08. The molecular formula is C17H23NO5. The standard InChI is InChI=1S/C17H23NO5/c1-20-17(19)15-16-13(10-18-15)22-14(23-16)8-5-9-21-11-12-6-3-2-4-7-12/h2-4,6-7,13-16,18H,5,8-11H2,1H3/t13-,14?,15+,16-/m0/s1. The SMILES string of the molecule is COC(=O)[C@@H]1NC[C@@H]2OC(CCCOCc3ccccc3)O[C@@H]21. The molecule has 6 heteroatoms. The van der Waals surface area contributed by atoms with Gasteiger partial charge in [-0.2, -0.15) is 0 Å². The minimum absolute atomic E-state index is 0.0747. The number of ether oxygens (including phenoxy) is 4. The Morgan fingerprint density at radius 2 is 2.13 bits per heavy atom. The van der Waals surface area contributed by atoms with Gasteiger partial charge in [0.2, 0.25) is 0 Å². The van der Waals surface area contributed by atoms with Gasteiger partial charge in [0, 0.05) is 19.6 Å². The van der Waals surface area contributed by atoms with Gasteiger partial charge in [0.15, 0.2) is 6.29 Å². The zero-order valence-electron chi connectivity index (χ0n) is 13.3. The lowest BCUT2D eigenvalue weighted by Gasteiger charge is -2.16. The summed E-state index contributed by atoms with van der Waals surface area (Å²) in [6, 6.07) is 9.66. The Balaban J connectivity index is 1.34. The van der Waals surface area contributed by atoms with Crippen molar-refractivity contribution in [3.05, 3.63) is 35.9 Å². The highest BCUT2D eigenvalue weighted by atomic mass is 16.7. The molecule has 2 heterocycles. The second-order valence-electron chi connectivity index (χ2n) is 5.79. The third-order valence-corrected chi connectivity index (χ3v) is 4.16. The molecule has 1 N–H and O–H groups in total. The highest BCUT2D eigenvalue weighted by molar-refractivity contribution is 5.77. The normalized spacial score (nSPS) is 29.4. The Labute approximate surface area is 136 Å². The maximum atomic E-state index is 11.7. The molecule has 0 spiro atoms. The number of nitrogens with one attached hydrogen (secondary N) is 1. The van der Waals surface area contributed by atoms with Crippen LogP contribution in [0.1, 0.15) is 18.4 Å². The molecule has 3 rings (SSSR count). The van der Waals surface area contributed by atoms with Gasteiger partial charge in [0.25, 0.3) is 0 Å². The van der Waals surface area contributed by atoms with E-state index in [0.29, 0.717) is 19.8 Å². The molecule has 0 amide bonds. The van der Waals surface area contributed by atoms with E-state index in [1.54, 1.807) is 0 Å². The molecule has 1 unspecified atom stereocenters. The third-order valence-electron chi connectivity index (χ3n) is 4.16. The molecule has 1 aromatic rings. The van der Waals surface area contributed by atoms with Gasteiger partial charge in [-0.25, -0.2) is 0 Å². The maximum absolute atomic E-state index is 11.7. The summed E-state index contributed by atoms with van der Waals surface area (Å²) in [7, 11) is 1.38. The maximum Gasteiger partial charge on any atom is 0.325 e. The molecule has 2 aliphatic rings. The molecule has 0 aliphatic carbocycles. The van der Waals surface area contributed by atoms with Crippen LogP contribution in [0.4, 0.5) is 0 Å². The van der Waals surface area contributed by atoms with Crippen molar-refractivity contribution in [2.24, 2.45) is 0 Å². The van der Waals surface area contributed by atoms with Crippen molar-refractivity contribution in [3.8, 4) is 0 Å². The van der Waals surface area contributed by atoms with E-state index in [4.69, 9.17) is 18.9 Å². The molecular weight excluding hydrogens is 298 g/mol. The fourth-order valence-corrected chi connectivity index (χ4v) is 2.98. The summed E-state index contributed by atoms with van der Waals surface area (Å²) in [6.45, 7) is 1.89. The summed E-state index contributed by atoms with van der Waals surface area (Å²) >= 11 is 0. The Morgan fingerprint density at radius 1 is 1.30 bits per heavy atom. The first-order chi connectivity index (χ1) is 11.3. The van der Waals surface area contributed by atoms with Gasteiger partial charge in [-0.1, -0.05) is 30.3 Å². The van der Waals surface area contributed by atoms with Crippen LogP contribution in [-0.4, -0.2) is 50.8 Å². The summed E-state index contributed by atoms with van der Waals surface area (Å²) in [6.07, 6.45) is 1.02. The highest BCUT2D eigenvalue weighted by Gasteiger charge is 2.48. The molecule has 4 atom stereocenters. The van der Waals surface area contributed by atoms with E-state index < -0.39 is 6.04 Å². The van der Waals surface area contributed by atoms with Gasteiger partial charge >= 0.3 is 5.97 Å². The lowest BCUT2D eigenvalue weighted by atomic mass is 10.1. The second kappa shape index (κ2) is 7.88.